The van der Waals surface area contributed by atoms with Crippen LogP contribution >= 0.6 is 0 Å². The van der Waals surface area contributed by atoms with E-state index >= 15 is 0 Å². The van der Waals surface area contributed by atoms with E-state index in [9.17, 15) is 9.50 Å². The minimum absolute atomic E-state index is 0.0176. The maximum Gasteiger partial charge on any atom is 0.128 e. The van der Waals surface area contributed by atoms with Gasteiger partial charge >= 0.3 is 0 Å². The van der Waals surface area contributed by atoms with Gasteiger partial charge in [-0.25, -0.2) is 4.39 Å². The summed E-state index contributed by atoms with van der Waals surface area (Å²) in [6.45, 7) is 7.06. The van der Waals surface area contributed by atoms with Gasteiger partial charge in [0, 0.05) is 5.56 Å². The molecular weight excluding hydrogens is 249 g/mol. The van der Waals surface area contributed by atoms with Gasteiger partial charge in [0.1, 0.15) is 18.2 Å². The second-order valence-corrected chi connectivity index (χ2v) is 5.13. The average molecular weight is 269 g/mol. The minimum atomic E-state index is -0.990. The summed E-state index contributed by atoms with van der Waals surface area (Å²) in [7, 11) is 0. The van der Waals surface area contributed by atoms with Crippen LogP contribution in [0.1, 0.15) is 33.3 Å². The third-order valence-corrected chi connectivity index (χ3v) is 3.25. The third kappa shape index (κ3) is 3.92. The van der Waals surface area contributed by atoms with Crippen molar-refractivity contribution < 1.29 is 19.4 Å². The summed E-state index contributed by atoms with van der Waals surface area (Å²) in [4.78, 5) is 0. The molecule has 1 aromatic rings. The lowest BCUT2D eigenvalue weighted by Gasteiger charge is -2.27. The fourth-order valence-corrected chi connectivity index (χ4v) is 1.36. The Balaban J connectivity index is 2.96. The monoisotopic (exact) mass is 269 g/mol. The first-order chi connectivity index (χ1) is 8.77. The molecule has 0 radical (unpaired) electrons. The molecule has 1 atom stereocenters. The number of hydrogen-bond donors (Lipinski definition) is 2. The molecule has 0 fully saturated rings. The number of ether oxygens (including phenoxy) is 1. The molecule has 1 aromatic carbocycles. The molecule has 0 saturated carbocycles. The van der Waals surface area contributed by atoms with Crippen molar-refractivity contribution in [3.05, 3.63) is 29.6 Å². The van der Waals surface area contributed by atoms with Gasteiger partial charge in [-0.05, 0) is 38.0 Å². The van der Waals surface area contributed by atoms with E-state index in [2.05, 4.69) is 5.16 Å². The largest absolute Gasteiger partial charge is 0.490 e. The van der Waals surface area contributed by atoms with Crippen LogP contribution in [0.3, 0.4) is 0 Å². The van der Waals surface area contributed by atoms with E-state index in [1.165, 1.54) is 18.2 Å². The van der Waals surface area contributed by atoms with Crippen molar-refractivity contribution >= 4 is 5.71 Å². The Morgan fingerprint density at radius 1 is 1.47 bits per heavy atom. The first kappa shape index (κ1) is 15.4. The van der Waals surface area contributed by atoms with E-state index < -0.39 is 11.4 Å². The van der Waals surface area contributed by atoms with Gasteiger partial charge in [0.25, 0.3) is 0 Å². The second kappa shape index (κ2) is 6.02. The van der Waals surface area contributed by atoms with Gasteiger partial charge in [-0.15, -0.1) is 0 Å². The van der Waals surface area contributed by atoms with E-state index in [1.807, 2.05) is 13.8 Å². The molecule has 106 valence electrons. The summed E-state index contributed by atoms with van der Waals surface area (Å²) in [5, 5.41) is 21.9. The zero-order valence-corrected chi connectivity index (χ0v) is 11.6. The molecule has 0 aliphatic heterocycles. The summed E-state index contributed by atoms with van der Waals surface area (Å²) >= 11 is 0. The molecular formula is C14H20FNO3. The van der Waals surface area contributed by atoms with E-state index in [0.717, 1.165) is 0 Å². The molecule has 2 N–H and O–H groups in total. The van der Waals surface area contributed by atoms with Gasteiger partial charge in [-0.1, -0.05) is 19.0 Å². The fraction of sp³-hybridized carbons (Fsp3) is 0.500. The molecule has 0 heterocycles. The quantitative estimate of drug-likeness (QED) is 0.491. The molecule has 0 aliphatic carbocycles. The summed E-state index contributed by atoms with van der Waals surface area (Å²) in [6, 6.07) is 3.94. The Morgan fingerprint density at radius 3 is 2.63 bits per heavy atom. The third-order valence-electron chi connectivity index (χ3n) is 3.25. The topological polar surface area (TPSA) is 62.1 Å². The number of rotatable bonds is 5. The van der Waals surface area contributed by atoms with Gasteiger partial charge in [0.15, 0.2) is 0 Å². The van der Waals surface area contributed by atoms with Crippen molar-refractivity contribution in [1.29, 1.82) is 0 Å². The fourth-order valence-electron chi connectivity index (χ4n) is 1.36. The standard InChI is InChI=1S/C14H20FNO3/c1-9(2)14(4,17)8-19-13-6-5-11(15)7-12(13)10(3)16-18/h5-7,9,17-18H,8H2,1-4H3/b16-10+. The molecule has 4 nitrogen and oxygen atoms in total. The predicted molar refractivity (Wildman–Crippen MR) is 71.4 cm³/mol. The highest BCUT2D eigenvalue weighted by molar-refractivity contribution is 6.00. The van der Waals surface area contributed by atoms with Gasteiger partial charge in [-0.3, -0.25) is 0 Å². The minimum Gasteiger partial charge on any atom is -0.490 e. The van der Waals surface area contributed by atoms with E-state index in [-0.39, 0.29) is 18.2 Å². The van der Waals surface area contributed by atoms with Crippen LogP contribution in [-0.2, 0) is 0 Å². The summed E-state index contributed by atoms with van der Waals surface area (Å²) in [5.74, 6) is -0.0531. The second-order valence-electron chi connectivity index (χ2n) is 5.13. The number of nitrogens with zero attached hydrogens (tertiary/aromatic N) is 1. The number of halogens is 1. The molecule has 0 bridgehead atoms. The smallest absolute Gasteiger partial charge is 0.128 e. The lowest BCUT2D eigenvalue weighted by atomic mass is 9.94. The van der Waals surface area contributed by atoms with Crippen molar-refractivity contribution in [1.82, 2.24) is 0 Å². The molecule has 0 amide bonds. The maximum absolute atomic E-state index is 13.2. The Labute approximate surface area is 112 Å². The van der Waals surface area contributed by atoms with Crippen LogP contribution in [0.25, 0.3) is 0 Å². The highest BCUT2D eigenvalue weighted by Gasteiger charge is 2.26. The van der Waals surface area contributed by atoms with E-state index in [4.69, 9.17) is 9.94 Å². The number of benzene rings is 1. The summed E-state index contributed by atoms with van der Waals surface area (Å²) in [5.41, 5.74) is -0.378. The number of hydrogen-bond acceptors (Lipinski definition) is 4. The van der Waals surface area contributed by atoms with Crippen LogP contribution in [0.4, 0.5) is 4.39 Å². The van der Waals surface area contributed by atoms with Gasteiger partial charge in [0.2, 0.25) is 0 Å². The van der Waals surface area contributed by atoms with E-state index in [1.54, 1.807) is 13.8 Å². The van der Waals surface area contributed by atoms with Crippen molar-refractivity contribution in [3.63, 3.8) is 0 Å². The van der Waals surface area contributed by atoms with Crippen molar-refractivity contribution in [2.24, 2.45) is 11.1 Å². The van der Waals surface area contributed by atoms with E-state index in [0.29, 0.717) is 11.3 Å². The summed E-state index contributed by atoms with van der Waals surface area (Å²) in [6.07, 6.45) is 0. The molecule has 19 heavy (non-hydrogen) atoms. The zero-order valence-electron chi connectivity index (χ0n) is 11.6. The number of aliphatic hydroxyl groups is 1. The molecule has 0 aliphatic rings. The molecule has 0 aromatic heterocycles. The Hall–Kier alpha value is -1.62. The van der Waals surface area contributed by atoms with Crippen molar-refractivity contribution in [2.75, 3.05) is 6.61 Å². The highest BCUT2D eigenvalue weighted by atomic mass is 19.1. The zero-order chi connectivity index (χ0) is 14.6. The lowest BCUT2D eigenvalue weighted by Crippen LogP contribution is -2.38. The molecule has 5 heteroatoms. The number of oxime groups is 1. The highest BCUT2D eigenvalue weighted by Crippen LogP contribution is 2.24. The first-order valence-corrected chi connectivity index (χ1v) is 6.11. The van der Waals surface area contributed by atoms with Gasteiger partial charge in [-0.2, -0.15) is 0 Å². The maximum atomic E-state index is 13.2. The van der Waals surface area contributed by atoms with Crippen LogP contribution < -0.4 is 4.74 Å². The van der Waals surface area contributed by atoms with Crippen LogP contribution in [0, 0.1) is 11.7 Å². The van der Waals surface area contributed by atoms with Crippen LogP contribution in [0.2, 0.25) is 0 Å². The van der Waals surface area contributed by atoms with Crippen LogP contribution in [0.5, 0.6) is 5.75 Å². The van der Waals surface area contributed by atoms with Gasteiger partial charge in [0.05, 0.1) is 11.3 Å². The first-order valence-electron chi connectivity index (χ1n) is 6.11. The Bertz CT molecular complexity index is 470. The Morgan fingerprint density at radius 2 is 2.11 bits per heavy atom. The predicted octanol–water partition coefficient (Wildman–Crippen LogP) is 2.81. The average Bonchev–Trinajstić information content (AvgIpc) is 2.36. The van der Waals surface area contributed by atoms with Crippen LogP contribution in [-0.4, -0.2) is 28.2 Å². The molecule has 0 saturated heterocycles. The molecule has 0 spiro atoms. The van der Waals surface area contributed by atoms with Gasteiger partial charge < -0.3 is 15.1 Å². The van der Waals surface area contributed by atoms with Crippen LogP contribution in [0.15, 0.2) is 23.4 Å². The lowest BCUT2D eigenvalue weighted by molar-refractivity contribution is -0.0267. The normalized spacial score (nSPS) is 15.4. The SMILES string of the molecule is C/C(=N\O)c1cc(F)ccc1OCC(C)(O)C(C)C. The molecule has 1 rings (SSSR count). The molecule has 1 unspecified atom stereocenters. The van der Waals surface area contributed by atoms with Crippen molar-refractivity contribution in [3.8, 4) is 5.75 Å². The Kier molecular flexibility index (Phi) is 4.89. The van der Waals surface area contributed by atoms with Crippen molar-refractivity contribution in [2.45, 2.75) is 33.3 Å². The summed E-state index contributed by atoms with van der Waals surface area (Å²) < 4.78 is 18.7.